The third-order valence-electron chi connectivity index (χ3n) is 6.58. The number of benzene rings is 4. The number of anilines is 2. The van der Waals surface area contributed by atoms with Gasteiger partial charge in [-0.3, -0.25) is 14.4 Å². The molecule has 8 heteroatoms. The van der Waals surface area contributed by atoms with Crippen molar-refractivity contribution < 1.29 is 14.4 Å². The van der Waals surface area contributed by atoms with E-state index >= 15 is 0 Å². The van der Waals surface area contributed by atoms with Crippen molar-refractivity contribution in [1.29, 1.82) is 0 Å². The quantitative estimate of drug-likeness (QED) is 0.128. The van der Waals surface area contributed by atoms with Crippen molar-refractivity contribution in [3.05, 3.63) is 130 Å². The highest BCUT2D eigenvalue weighted by Crippen LogP contribution is 2.29. The molecule has 0 fully saturated rings. The summed E-state index contributed by atoms with van der Waals surface area (Å²) in [5.41, 5.74) is 4.62. The molecule has 42 heavy (non-hydrogen) atoms. The average Bonchev–Trinajstić information content (AvgIpc) is 2.98. The molecule has 0 spiro atoms. The van der Waals surface area contributed by atoms with Gasteiger partial charge in [-0.15, -0.1) is 11.8 Å². The Morgan fingerprint density at radius 3 is 2.33 bits per heavy atom. The molecule has 3 N–H and O–H groups in total. The third-order valence-corrected chi connectivity index (χ3v) is 8.18. The maximum absolute atomic E-state index is 13.4. The highest BCUT2D eigenvalue weighted by molar-refractivity contribution is 8.00. The van der Waals surface area contributed by atoms with Gasteiger partial charge in [0, 0.05) is 26.9 Å². The lowest BCUT2D eigenvalue weighted by atomic mass is 10.1. The third kappa shape index (κ3) is 8.35. The lowest BCUT2D eigenvalue weighted by molar-refractivity contribution is -0.116. The van der Waals surface area contributed by atoms with Gasteiger partial charge in [0.25, 0.3) is 11.8 Å². The summed E-state index contributed by atoms with van der Waals surface area (Å²) in [5.74, 6) is -0.994. The number of aryl methyl sites for hydroxylation is 1. The summed E-state index contributed by atoms with van der Waals surface area (Å²) < 4.78 is 0. The first kappa shape index (κ1) is 30.6. The second-order valence-corrected chi connectivity index (χ2v) is 11.4. The van der Waals surface area contributed by atoms with Crippen LogP contribution in [-0.4, -0.2) is 23.0 Å². The van der Waals surface area contributed by atoms with Crippen molar-refractivity contribution in [1.82, 2.24) is 5.32 Å². The predicted molar refractivity (Wildman–Crippen MR) is 173 cm³/mol. The van der Waals surface area contributed by atoms with E-state index in [4.69, 9.17) is 11.6 Å². The van der Waals surface area contributed by atoms with E-state index in [9.17, 15) is 14.4 Å². The Labute approximate surface area is 255 Å². The van der Waals surface area contributed by atoms with Crippen LogP contribution in [-0.2, 0) is 9.59 Å². The van der Waals surface area contributed by atoms with Crippen LogP contribution >= 0.6 is 23.4 Å². The number of nitrogens with one attached hydrogen (secondary N) is 3. The lowest BCUT2D eigenvalue weighted by Gasteiger charge is -2.17. The van der Waals surface area contributed by atoms with Crippen molar-refractivity contribution in [2.24, 2.45) is 0 Å². The molecule has 1 atom stereocenters. The van der Waals surface area contributed by atoms with Crippen LogP contribution in [0.3, 0.4) is 0 Å². The maximum atomic E-state index is 13.4. The zero-order chi connectivity index (χ0) is 30.1. The number of amides is 3. The average molecular weight is 598 g/mol. The van der Waals surface area contributed by atoms with Crippen molar-refractivity contribution in [3.8, 4) is 0 Å². The minimum atomic E-state index is -0.499. The molecular weight excluding hydrogens is 566 g/mol. The molecule has 0 aromatic heterocycles. The number of carbonyl (C=O) groups excluding carboxylic acids is 3. The molecule has 0 aliphatic rings. The minimum Gasteiger partial charge on any atom is -0.325 e. The molecule has 3 amide bonds. The Bertz CT molecular complexity index is 1620. The first-order valence-corrected chi connectivity index (χ1v) is 14.8. The van der Waals surface area contributed by atoms with Crippen LogP contribution in [0.2, 0.25) is 5.02 Å². The Kier molecular flexibility index (Phi) is 10.6. The number of rotatable bonds is 10. The molecule has 4 aromatic rings. The number of halogens is 1. The molecule has 214 valence electrons. The van der Waals surface area contributed by atoms with E-state index in [1.165, 1.54) is 11.8 Å². The predicted octanol–water partition coefficient (Wildman–Crippen LogP) is 7.88. The summed E-state index contributed by atoms with van der Waals surface area (Å²) >= 11 is 7.57. The van der Waals surface area contributed by atoms with E-state index in [1.54, 1.807) is 60.7 Å². The van der Waals surface area contributed by atoms with Gasteiger partial charge in [0.2, 0.25) is 5.91 Å². The van der Waals surface area contributed by atoms with E-state index in [0.717, 1.165) is 21.7 Å². The van der Waals surface area contributed by atoms with Gasteiger partial charge in [-0.05, 0) is 91.6 Å². The second-order valence-electron chi connectivity index (χ2n) is 9.67. The summed E-state index contributed by atoms with van der Waals surface area (Å²) in [6.45, 7) is 5.97. The van der Waals surface area contributed by atoms with Gasteiger partial charge < -0.3 is 16.0 Å². The summed E-state index contributed by atoms with van der Waals surface area (Å²) in [5, 5.41) is 8.84. The molecular formula is C34H32ClN3O3S. The van der Waals surface area contributed by atoms with E-state index in [2.05, 4.69) is 16.0 Å². The van der Waals surface area contributed by atoms with E-state index in [-0.39, 0.29) is 16.9 Å². The molecule has 4 rings (SSSR count). The molecule has 0 aliphatic heterocycles. The highest BCUT2D eigenvalue weighted by Gasteiger charge is 2.20. The number of hydrogen-bond acceptors (Lipinski definition) is 4. The van der Waals surface area contributed by atoms with Crippen LogP contribution < -0.4 is 16.0 Å². The van der Waals surface area contributed by atoms with Crippen LogP contribution in [0.1, 0.15) is 40.4 Å². The molecule has 0 saturated carbocycles. The molecule has 0 aliphatic carbocycles. The van der Waals surface area contributed by atoms with Crippen molar-refractivity contribution in [2.45, 2.75) is 37.3 Å². The first-order valence-electron chi connectivity index (χ1n) is 13.5. The fraction of sp³-hybridized carbons (Fsp3) is 0.147. The SMILES string of the molecule is CCC(Sc1cccc(NC(=O)/C(=C/c2cccc(Cl)c2)NC(=O)c2ccccc2)c1)C(=O)Nc1cccc(C)c1C. The Morgan fingerprint density at radius 2 is 1.60 bits per heavy atom. The molecule has 0 bridgehead atoms. The first-order chi connectivity index (χ1) is 20.2. The zero-order valence-corrected chi connectivity index (χ0v) is 25.2. The molecule has 0 radical (unpaired) electrons. The summed E-state index contributed by atoms with van der Waals surface area (Å²) in [7, 11) is 0. The summed E-state index contributed by atoms with van der Waals surface area (Å²) in [6, 6.07) is 28.8. The van der Waals surface area contributed by atoms with Crippen LogP contribution in [0.4, 0.5) is 11.4 Å². The van der Waals surface area contributed by atoms with E-state index in [0.29, 0.717) is 28.3 Å². The van der Waals surface area contributed by atoms with Crippen molar-refractivity contribution in [3.63, 3.8) is 0 Å². The molecule has 0 saturated heterocycles. The fourth-order valence-electron chi connectivity index (χ4n) is 4.14. The summed E-state index contributed by atoms with van der Waals surface area (Å²) in [4.78, 5) is 40.3. The number of carbonyl (C=O) groups is 3. The highest BCUT2D eigenvalue weighted by atomic mass is 35.5. The standard InChI is InChI=1S/C34H32ClN3O3S/c1-4-31(34(41)37-29-18-8-11-22(2)23(29)3)42-28-17-10-16-27(21-28)36-33(40)30(20-24-12-9-15-26(35)19-24)38-32(39)25-13-6-5-7-14-25/h5-21,31H,4H2,1-3H3,(H,36,40)(H,37,41)(H,38,39)/b30-20-. The molecule has 6 nitrogen and oxygen atoms in total. The van der Waals surface area contributed by atoms with Gasteiger partial charge in [0.1, 0.15) is 5.70 Å². The molecule has 0 heterocycles. The van der Waals surface area contributed by atoms with Crippen LogP contribution in [0.25, 0.3) is 6.08 Å². The maximum Gasteiger partial charge on any atom is 0.272 e. The van der Waals surface area contributed by atoms with Crippen molar-refractivity contribution >= 4 is 58.5 Å². The molecule has 1 unspecified atom stereocenters. The van der Waals surface area contributed by atoms with E-state index < -0.39 is 11.8 Å². The molecule has 4 aromatic carbocycles. The van der Waals surface area contributed by atoms with Crippen LogP contribution in [0.15, 0.2) is 108 Å². The lowest BCUT2D eigenvalue weighted by Crippen LogP contribution is -2.30. The van der Waals surface area contributed by atoms with Gasteiger partial charge in [-0.25, -0.2) is 0 Å². The van der Waals surface area contributed by atoms with Gasteiger partial charge in [0.15, 0.2) is 0 Å². The number of hydrogen-bond donors (Lipinski definition) is 3. The van der Waals surface area contributed by atoms with Gasteiger partial charge in [0.05, 0.1) is 5.25 Å². The summed E-state index contributed by atoms with van der Waals surface area (Å²) in [6.07, 6.45) is 2.20. The fourth-order valence-corrected chi connectivity index (χ4v) is 5.35. The second kappa shape index (κ2) is 14.5. The Balaban J connectivity index is 1.51. The van der Waals surface area contributed by atoms with E-state index in [1.807, 2.05) is 63.2 Å². The minimum absolute atomic E-state index is 0.0588. The van der Waals surface area contributed by atoms with Crippen LogP contribution in [0.5, 0.6) is 0 Å². The van der Waals surface area contributed by atoms with Gasteiger partial charge in [-0.2, -0.15) is 0 Å². The largest absolute Gasteiger partial charge is 0.325 e. The van der Waals surface area contributed by atoms with Gasteiger partial charge >= 0.3 is 0 Å². The monoisotopic (exact) mass is 597 g/mol. The van der Waals surface area contributed by atoms with Crippen LogP contribution in [0, 0.1) is 13.8 Å². The smallest absolute Gasteiger partial charge is 0.272 e. The Hall–Kier alpha value is -4.33. The van der Waals surface area contributed by atoms with Crippen molar-refractivity contribution in [2.75, 3.05) is 10.6 Å². The Morgan fingerprint density at radius 1 is 0.857 bits per heavy atom. The normalized spacial score (nSPS) is 11.9. The topological polar surface area (TPSA) is 87.3 Å². The zero-order valence-electron chi connectivity index (χ0n) is 23.6. The number of thioether (sulfide) groups is 1. The van der Waals surface area contributed by atoms with Gasteiger partial charge in [-0.1, -0.05) is 67.1 Å².